The van der Waals surface area contributed by atoms with Gasteiger partial charge in [0.25, 0.3) is 0 Å². The molecule has 0 aliphatic carbocycles. The average molecular weight is 470 g/mol. The van der Waals surface area contributed by atoms with Gasteiger partial charge in [0, 0.05) is 38.7 Å². The molecule has 0 bridgehead atoms. The maximum atomic E-state index is 12.4. The van der Waals surface area contributed by atoms with E-state index in [1.807, 2.05) is 39.8 Å². The molecule has 0 saturated heterocycles. The number of aryl methyl sites for hydroxylation is 1. The summed E-state index contributed by atoms with van der Waals surface area (Å²) in [6.07, 6.45) is 4.32. The molecule has 1 unspecified atom stereocenters. The van der Waals surface area contributed by atoms with Crippen LogP contribution in [-0.4, -0.2) is 18.6 Å². The highest BCUT2D eigenvalue weighted by Crippen LogP contribution is 2.40. The fourth-order valence-electron chi connectivity index (χ4n) is 3.45. The Bertz CT molecular complexity index is 1080. The Balaban J connectivity index is 2.14. The third-order valence-corrected chi connectivity index (χ3v) is 5.79. The van der Waals surface area contributed by atoms with E-state index < -0.39 is 0 Å². The van der Waals surface area contributed by atoms with Crippen LogP contribution in [0.5, 0.6) is 5.75 Å². The average Bonchev–Trinajstić information content (AvgIpc) is 3.14. The van der Waals surface area contributed by atoms with Crippen LogP contribution in [0, 0.1) is 6.92 Å². The molecule has 0 aliphatic heterocycles. The van der Waals surface area contributed by atoms with Crippen LogP contribution in [0.2, 0.25) is 0 Å². The molecule has 3 rings (SSSR count). The van der Waals surface area contributed by atoms with Gasteiger partial charge in [-0.15, -0.1) is 0 Å². The van der Waals surface area contributed by atoms with Gasteiger partial charge < -0.3 is 14.5 Å². The molecule has 0 aliphatic rings. The number of amides is 1. The van der Waals surface area contributed by atoms with Crippen molar-refractivity contribution in [3.8, 4) is 16.9 Å². The van der Waals surface area contributed by atoms with Crippen LogP contribution in [0.25, 0.3) is 27.7 Å². The van der Waals surface area contributed by atoms with E-state index >= 15 is 0 Å². The fourth-order valence-corrected chi connectivity index (χ4v) is 3.72. The Morgan fingerprint density at radius 3 is 2.60 bits per heavy atom. The molecule has 5 heteroatoms. The number of rotatable bonds is 7. The summed E-state index contributed by atoms with van der Waals surface area (Å²) >= 11 is 3.49. The second-order valence-electron chi connectivity index (χ2n) is 7.49. The summed E-state index contributed by atoms with van der Waals surface area (Å²) in [7, 11) is 0. The van der Waals surface area contributed by atoms with Crippen LogP contribution in [0.4, 0.5) is 0 Å². The lowest BCUT2D eigenvalue weighted by Gasteiger charge is -2.15. The monoisotopic (exact) mass is 469 g/mol. The third-order valence-electron chi connectivity index (χ3n) is 5.26. The zero-order valence-electron chi connectivity index (χ0n) is 18.1. The van der Waals surface area contributed by atoms with Crippen molar-refractivity contribution in [1.29, 1.82) is 0 Å². The van der Waals surface area contributed by atoms with E-state index in [0.717, 1.165) is 55.4 Å². The van der Waals surface area contributed by atoms with Crippen LogP contribution in [0.3, 0.4) is 0 Å². The number of carbonyl (C=O) groups excluding carboxylic acids is 1. The Morgan fingerprint density at radius 1 is 1.27 bits per heavy atom. The van der Waals surface area contributed by atoms with Crippen molar-refractivity contribution in [2.75, 3.05) is 6.61 Å². The number of ether oxygens (including phenoxy) is 1. The van der Waals surface area contributed by atoms with E-state index in [2.05, 4.69) is 46.4 Å². The highest BCUT2D eigenvalue weighted by Gasteiger charge is 2.19. The van der Waals surface area contributed by atoms with E-state index in [9.17, 15) is 4.79 Å². The number of hydrogen-bond donors (Lipinski definition) is 1. The van der Waals surface area contributed by atoms with Crippen LogP contribution >= 0.6 is 15.9 Å². The molecule has 2 aromatic carbocycles. The largest absolute Gasteiger partial charge is 0.493 e. The van der Waals surface area contributed by atoms with Gasteiger partial charge in [-0.3, -0.25) is 4.79 Å². The predicted octanol–water partition coefficient (Wildman–Crippen LogP) is 6.89. The van der Waals surface area contributed by atoms with Gasteiger partial charge >= 0.3 is 0 Å². The van der Waals surface area contributed by atoms with Crippen molar-refractivity contribution in [2.24, 2.45) is 0 Å². The van der Waals surface area contributed by atoms with E-state index in [1.165, 1.54) is 0 Å². The molecule has 1 amide bonds. The normalized spacial score (nSPS) is 12.8. The first kappa shape index (κ1) is 22.2. The summed E-state index contributed by atoms with van der Waals surface area (Å²) < 4.78 is 12.9. The van der Waals surface area contributed by atoms with Gasteiger partial charge in [0.15, 0.2) is 0 Å². The van der Waals surface area contributed by atoms with Crippen molar-refractivity contribution in [1.82, 2.24) is 5.32 Å². The first-order chi connectivity index (χ1) is 14.3. The zero-order valence-corrected chi connectivity index (χ0v) is 19.7. The first-order valence-corrected chi connectivity index (χ1v) is 11.1. The molecule has 30 heavy (non-hydrogen) atoms. The van der Waals surface area contributed by atoms with Gasteiger partial charge in [-0.2, -0.15) is 0 Å². The molecule has 1 N–H and O–H groups in total. The summed E-state index contributed by atoms with van der Waals surface area (Å²) in [5.74, 6) is 0.661. The quantitative estimate of drug-likeness (QED) is 0.383. The molecule has 0 radical (unpaired) electrons. The van der Waals surface area contributed by atoms with Gasteiger partial charge in [0.2, 0.25) is 5.91 Å². The van der Waals surface area contributed by atoms with Crippen LogP contribution < -0.4 is 10.1 Å². The number of benzene rings is 2. The van der Waals surface area contributed by atoms with E-state index in [1.54, 1.807) is 12.3 Å². The third kappa shape index (κ3) is 4.62. The molecule has 4 nitrogen and oxygen atoms in total. The van der Waals surface area contributed by atoms with Crippen molar-refractivity contribution < 1.29 is 13.9 Å². The van der Waals surface area contributed by atoms with Gasteiger partial charge in [0.1, 0.15) is 11.3 Å². The molecule has 0 saturated carbocycles. The lowest BCUT2D eigenvalue weighted by molar-refractivity contribution is -0.117. The molecular weight excluding hydrogens is 442 g/mol. The summed E-state index contributed by atoms with van der Waals surface area (Å²) in [6, 6.07) is 10.3. The maximum absolute atomic E-state index is 12.4. The standard InChI is InChI=1S/C25H28BrNO3/c1-6-16(4)27-23(28)12-15(3)20-13-21-22(18-8-10-19(26)11-9-18)14-30-25(21)17(5)24(20)29-7-2/h8-14,16H,6-7H2,1-5H3,(H,27,28)/b15-12+. The van der Waals surface area contributed by atoms with Gasteiger partial charge in [-0.25, -0.2) is 0 Å². The molecule has 1 atom stereocenters. The molecule has 0 fully saturated rings. The highest BCUT2D eigenvalue weighted by molar-refractivity contribution is 9.10. The van der Waals surface area contributed by atoms with Crippen molar-refractivity contribution in [3.63, 3.8) is 0 Å². The minimum absolute atomic E-state index is 0.0950. The Hall–Kier alpha value is -2.53. The number of fused-ring (bicyclic) bond motifs is 1. The smallest absolute Gasteiger partial charge is 0.244 e. The predicted molar refractivity (Wildman–Crippen MR) is 127 cm³/mol. The van der Waals surface area contributed by atoms with E-state index in [4.69, 9.17) is 9.15 Å². The molecule has 0 spiro atoms. The zero-order chi connectivity index (χ0) is 21.8. The summed E-state index contributed by atoms with van der Waals surface area (Å²) in [4.78, 5) is 12.4. The van der Waals surface area contributed by atoms with E-state index in [0.29, 0.717) is 6.61 Å². The van der Waals surface area contributed by atoms with Crippen LogP contribution in [0.15, 0.2) is 51.6 Å². The van der Waals surface area contributed by atoms with Gasteiger partial charge in [-0.05, 0) is 63.5 Å². The molecule has 1 aromatic heterocycles. The lowest BCUT2D eigenvalue weighted by Crippen LogP contribution is -2.30. The Morgan fingerprint density at radius 2 is 1.97 bits per heavy atom. The second kappa shape index (κ2) is 9.52. The maximum Gasteiger partial charge on any atom is 0.244 e. The number of hydrogen-bond acceptors (Lipinski definition) is 3. The molecular formula is C25H28BrNO3. The van der Waals surface area contributed by atoms with Gasteiger partial charge in [-0.1, -0.05) is 35.0 Å². The van der Waals surface area contributed by atoms with Crippen LogP contribution in [-0.2, 0) is 4.79 Å². The topological polar surface area (TPSA) is 51.5 Å². The fraction of sp³-hybridized carbons (Fsp3) is 0.320. The highest BCUT2D eigenvalue weighted by atomic mass is 79.9. The first-order valence-electron chi connectivity index (χ1n) is 10.3. The molecule has 158 valence electrons. The number of nitrogens with one attached hydrogen (secondary N) is 1. The van der Waals surface area contributed by atoms with Crippen molar-refractivity contribution in [2.45, 2.75) is 47.1 Å². The van der Waals surface area contributed by atoms with Gasteiger partial charge in [0.05, 0.1) is 12.9 Å². The minimum Gasteiger partial charge on any atom is -0.493 e. The number of furan rings is 1. The second-order valence-corrected chi connectivity index (χ2v) is 8.41. The Kier molecular flexibility index (Phi) is 7.03. The van der Waals surface area contributed by atoms with Crippen molar-refractivity contribution in [3.05, 3.63) is 58.3 Å². The minimum atomic E-state index is -0.0950. The summed E-state index contributed by atoms with van der Waals surface area (Å²) in [5.41, 5.74) is 5.58. The Labute approximate surface area is 186 Å². The number of halogens is 1. The van der Waals surface area contributed by atoms with Crippen molar-refractivity contribution >= 4 is 38.4 Å². The molecule has 1 heterocycles. The lowest BCUT2D eigenvalue weighted by atomic mass is 9.96. The summed E-state index contributed by atoms with van der Waals surface area (Å²) in [6.45, 7) is 10.5. The number of allylic oxidation sites excluding steroid dienone is 1. The van der Waals surface area contributed by atoms with E-state index in [-0.39, 0.29) is 11.9 Å². The summed E-state index contributed by atoms with van der Waals surface area (Å²) in [5, 5.41) is 3.99. The number of carbonyl (C=O) groups is 1. The molecule has 3 aromatic rings. The SMILES string of the molecule is CCOc1c(/C(C)=C/C(=O)NC(C)CC)cc2c(-c3ccc(Br)cc3)coc2c1C. The van der Waals surface area contributed by atoms with Crippen LogP contribution in [0.1, 0.15) is 45.2 Å².